The van der Waals surface area contributed by atoms with Crippen molar-refractivity contribution in [1.82, 2.24) is 4.98 Å². The van der Waals surface area contributed by atoms with E-state index in [1.54, 1.807) is 18.1 Å². The standard InChI is InChI=1S/C10H17N3O/c1-8(5-6-11)10(14)13(2)9-4-3-7-12-9/h3-4,7-8,12H,5-6,11H2,1-2H3. The molecule has 14 heavy (non-hydrogen) atoms. The van der Waals surface area contributed by atoms with Crippen LogP contribution in [0.2, 0.25) is 0 Å². The molecule has 1 aromatic heterocycles. The topological polar surface area (TPSA) is 62.1 Å². The van der Waals surface area contributed by atoms with Crippen LogP contribution in [0.1, 0.15) is 13.3 Å². The Hall–Kier alpha value is -1.29. The zero-order valence-electron chi connectivity index (χ0n) is 8.66. The predicted octanol–water partition coefficient (Wildman–Crippen LogP) is 0.962. The lowest BCUT2D eigenvalue weighted by Crippen LogP contribution is -2.32. The van der Waals surface area contributed by atoms with E-state index in [4.69, 9.17) is 5.73 Å². The van der Waals surface area contributed by atoms with E-state index in [0.29, 0.717) is 6.54 Å². The highest BCUT2D eigenvalue weighted by molar-refractivity contribution is 5.93. The van der Waals surface area contributed by atoms with Crippen LogP contribution >= 0.6 is 0 Å². The molecule has 0 radical (unpaired) electrons. The monoisotopic (exact) mass is 195 g/mol. The van der Waals surface area contributed by atoms with Gasteiger partial charge in [0.25, 0.3) is 0 Å². The van der Waals surface area contributed by atoms with Gasteiger partial charge < -0.3 is 15.6 Å². The van der Waals surface area contributed by atoms with Crippen LogP contribution in [-0.4, -0.2) is 24.5 Å². The number of aromatic nitrogens is 1. The number of nitrogens with one attached hydrogen (secondary N) is 1. The molecule has 1 rings (SSSR count). The van der Waals surface area contributed by atoms with Gasteiger partial charge in [0, 0.05) is 19.2 Å². The van der Waals surface area contributed by atoms with Crippen LogP contribution in [0.15, 0.2) is 18.3 Å². The van der Waals surface area contributed by atoms with Crippen molar-refractivity contribution in [2.75, 3.05) is 18.5 Å². The number of hydrogen-bond acceptors (Lipinski definition) is 2. The van der Waals surface area contributed by atoms with Crippen LogP contribution in [0.5, 0.6) is 0 Å². The van der Waals surface area contributed by atoms with E-state index in [9.17, 15) is 4.79 Å². The van der Waals surface area contributed by atoms with E-state index in [1.165, 1.54) is 0 Å². The smallest absolute Gasteiger partial charge is 0.230 e. The van der Waals surface area contributed by atoms with Crippen molar-refractivity contribution < 1.29 is 4.79 Å². The summed E-state index contributed by atoms with van der Waals surface area (Å²) in [6.07, 6.45) is 2.52. The predicted molar refractivity (Wildman–Crippen MR) is 57.0 cm³/mol. The first kappa shape index (κ1) is 10.8. The quantitative estimate of drug-likeness (QED) is 0.751. The molecule has 0 fully saturated rings. The van der Waals surface area contributed by atoms with E-state index in [-0.39, 0.29) is 11.8 Å². The highest BCUT2D eigenvalue weighted by Crippen LogP contribution is 2.13. The largest absolute Gasteiger partial charge is 0.348 e. The minimum atomic E-state index is -0.0201. The average Bonchev–Trinajstić information content (AvgIpc) is 2.68. The maximum Gasteiger partial charge on any atom is 0.230 e. The number of amides is 1. The SMILES string of the molecule is CC(CCN)C(=O)N(C)c1ccc[nH]1. The van der Waals surface area contributed by atoms with Gasteiger partial charge in [0.15, 0.2) is 0 Å². The third kappa shape index (κ3) is 2.35. The van der Waals surface area contributed by atoms with Crippen molar-refractivity contribution in [3.63, 3.8) is 0 Å². The lowest BCUT2D eigenvalue weighted by atomic mass is 10.1. The fourth-order valence-electron chi connectivity index (χ4n) is 1.35. The molecule has 1 atom stereocenters. The Bertz CT molecular complexity index is 282. The normalized spacial score (nSPS) is 12.5. The molecular weight excluding hydrogens is 178 g/mol. The van der Waals surface area contributed by atoms with Crippen LogP contribution in [-0.2, 0) is 4.79 Å². The van der Waals surface area contributed by atoms with Gasteiger partial charge in [0.05, 0.1) is 0 Å². The highest BCUT2D eigenvalue weighted by Gasteiger charge is 2.17. The molecular formula is C10H17N3O. The number of H-pyrrole nitrogens is 1. The van der Waals surface area contributed by atoms with Crippen LogP contribution in [0, 0.1) is 5.92 Å². The number of nitrogens with zero attached hydrogens (tertiary/aromatic N) is 1. The second-order valence-corrected chi connectivity index (χ2v) is 3.43. The van der Waals surface area contributed by atoms with Crippen molar-refractivity contribution in [2.24, 2.45) is 11.7 Å². The average molecular weight is 195 g/mol. The molecule has 0 aromatic carbocycles. The molecule has 4 heteroatoms. The van der Waals surface area contributed by atoms with E-state index in [0.717, 1.165) is 12.2 Å². The zero-order chi connectivity index (χ0) is 10.6. The van der Waals surface area contributed by atoms with Crippen LogP contribution in [0.3, 0.4) is 0 Å². The summed E-state index contributed by atoms with van der Waals surface area (Å²) in [5.41, 5.74) is 5.41. The molecule has 0 spiro atoms. The molecule has 0 saturated heterocycles. The van der Waals surface area contributed by atoms with Gasteiger partial charge in [-0.2, -0.15) is 0 Å². The molecule has 0 saturated carbocycles. The lowest BCUT2D eigenvalue weighted by molar-refractivity contribution is -0.121. The minimum absolute atomic E-state index is 0.0201. The number of anilines is 1. The van der Waals surface area contributed by atoms with Crippen molar-refractivity contribution >= 4 is 11.7 Å². The van der Waals surface area contributed by atoms with Crippen LogP contribution < -0.4 is 10.6 Å². The van der Waals surface area contributed by atoms with E-state index in [2.05, 4.69) is 4.98 Å². The number of carbonyl (C=O) groups is 1. The molecule has 1 heterocycles. The van der Waals surface area contributed by atoms with Crippen molar-refractivity contribution in [1.29, 1.82) is 0 Å². The Morgan fingerprint density at radius 2 is 2.43 bits per heavy atom. The summed E-state index contributed by atoms with van der Waals surface area (Å²) in [5, 5.41) is 0. The second-order valence-electron chi connectivity index (χ2n) is 3.43. The van der Waals surface area contributed by atoms with Gasteiger partial charge in [-0.25, -0.2) is 0 Å². The first-order valence-electron chi connectivity index (χ1n) is 4.78. The summed E-state index contributed by atoms with van der Waals surface area (Å²) >= 11 is 0. The van der Waals surface area contributed by atoms with Crippen LogP contribution in [0.4, 0.5) is 5.82 Å². The lowest BCUT2D eigenvalue weighted by Gasteiger charge is -2.19. The van der Waals surface area contributed by atoms with Gasteiger partial charge >= 0.3 is 0 Å². The Morgan fingerprint density at radius 3 is 2.93 bits per heavy atom. The number of rotatable bonds is 4. The van der Waals surface area contributed by atoms with Crippen molar-refractivity contribution in [2.45, 2.75) is 13.3 Å². The molecule has 0 bridgehead atoms. The Balaban J connectivity index is 2.61. The van der Waals surface area contributed by atoms with Gasteiger partial charge in [-0.1, -0.05) is 6.92 Å². The maximum atomic E-state index is 11.8. The van der Waals surface area contributed by atoms with Crippen LogP contribution in [0.25, 0.3) is 0 Å². The molecule has 3 N–H and O–H groups in total. The third-order valence-electron chi connectivity index (χ3n) is 2.29. The Labute approximate surface area is 84.1 Å². The second kappa shape index (κ2) is 4.81. The van der Waals surface area contributed by atoms with Gasteiger partial charge in [0.2, 0.25) is 5.91 Å². The number of aromatic amines is 1. The summed E-state index contributed by atoms with van der Waals surface area (Å²) in [5.74, 6) is 0.894. The third-order valence-corrected chi connectivity index (χ3v) is 2.29. The molecule has 0 aliphatic rings. The first-order chi connectivity index (χ1) is 6.66. The highest BCUT2D eigenvalue weighted by atomic mass is 16.2. The van der Waals surface area contributed by atoms with Crippen molar-refractivity contribution in [3.8, 4) is 0 Å². The van der Waals surface area contributed by atoms with Crippen molar-refractivity contribution in [3.05, 3.63) is 18.3 Å². The summed E-state index contributed by atoms with van der Waals surface area (Å²) in [6.45, 7) is 2.44. The van der Waals surface area contributed by atoms with E-state index >= 15 is 0 Å². The van der Waals surface area contributed by atoms with E-state index in [1.807, 2.05) is 19.1 Å². The van der Waals surface area contributed by atoms with Gasteiger partial charge in [-0.3, -0.25) is 4.79 Å². The molecule has 0 aliphatic heterocycles. The molecule has 4 nitrogen and oxygen atoms in total. The summed E-state index contributed by atoms with van der Waals surface area (Å²) in [7, 11) is 1.77. The van der Waals surface area contributed by atoms with E-state index < -0.39 is 0 Å². The summed E-state index contributed by atoms with van der Waals surface area (Å²) in [6, 6.07) is 3.74. The minimum Gasteiger partial charge on any atom is -0.348 e. The molecule has 1 unspecified atom stereocenters. The molecule has 1 amide bonds. The van der Waals surface area contributed by atoms with Gasteiger partial charge in [0.1, 0.15) is 5.82 Å². The van der Waals surface area contributed by atoms with Gasteiger partial charge in [-0.05, 0) is 25.1 Å². The number of hydrogen-bond donors (Lipinski definition) is 2. The fourth-order valence-corrected chi connectivity index (χ4v) is 1.35. The first-order valence-corrected chi connectivity index (χ1v) is 4.78. The summed E-state index contributed by atoms with van der Waals surface area (Å²) in [4.78, 5) is 16.4. The maximum absolute atomic E-state index is 11.8. The Morgan fingerprint density at radius 1 is 1.71 bits per heavy atom. The summed E-state index contributed by atoms with van der Waals surface area (Å²) < 4.78 is 0. The zero-order valence-corrected chi connectivity index (χ0v) is 8.66. The number of carbonyl (C=O) groups excluding carboxylic acids is 1. The fraction of sp³-hybridized carbons (Fsp3) is 0.500. The molecule has 1 aromatic rings. The molecule has 0 aliphatic carbocycles. The Kier molecular flexibility index (Phi) is 3.71. The number of nitrogens with two attached hydrogens (primary N) is 1. The molecule has 78 valence electrons. The van der Waals surface area contributed by atoms with Gasteiger partial charge in [-0.15, -0.1) is 0 Å².